The molecule has 2 N–H and O–H groups in total. The predicted octanol–water partition coefficient (Wildman–Crippen LogP) is 1.64. The van der Waals surface area contributed by atoms with E-state index in [0.29, 0.717) is 5.75 Å². The van der Waals surface area contributed by atoms with Crippen LogP contribution in [0.15, 0.2) is 18.2 Å². The maximum Gasteiger partial charge on any atom is 0.347 e. The van der Waals surface area contributed by atoms with E-state index < -0.39 is 12.1 Å². The molecule has 0 bridgehead atoms. The molecule has 1 aliphatic rings. The number of rotatable bonds is 1. The average molecular weight is 207 g/mol. The number of para-hydroxylation sites is 1. The Morgan fingerprint density at radius 2 is 2.27 bits per heavy atom. The Kier molecular flexibility index (Phi) is 2.26. The molecular formula is C11H13NO3. The van der Waals surface area contributed by atoms with Gasteiger partial charge in [-0.1, -0.05) is 12.1 Å². The Hall–Kier alpha value is -1.71. The number of carboxylic acids is 1. The molecule has 2 atom stereocenters. The fourth-order valence-electron chi connectivity index (χ4n) is 1.73. The van der Waals surface area contributed by atoms with Crippen LogP contribution in [0.1, 0.15) is 12.5 Å². The fourth-order valence-corrected chi connectivity index (χ4v) is 1.73. The van der Waals surface area contributed by atoms with Gasteiger partial charge in [-0.05, 0) is 25.5 Å². The van der Waals surface area contributed by atoms with Crippen LogP contribution in [0.2, 0.25) is 0 Å². The van der Waals surface area contributed by atoms with E-state index in [1.165, 1.54) is 0 Å². The first-order valence-electron chi connectivity index (χ1n) is 4.85. The number of carbonyl (C=O) groups is 1. The van der Waals surface area contributed by atoms with Crippen LogP contribution in [0.4, 0.5) is 5.69 Å². The van der Waals surface area contributed by atoms with Crippen LogP contribution in [-0.4, -0.2) is 23.2 Å². The smallest absolute Gasteiger partial charge is 0.347 e. The first-order chi connectivity index (χ1) is 7.09. The summed E-state index contributed by atoms with van der Waals surface area (Å²) in [6, 6.07) is 5.36. The maximum atomic E-state index is 10.9. The first-order valence-corrected chi connectivity index (χ1v) is 4.85. The minimum atomic E-state index is -0.942. The summed E-state index contributed by atoms with van der Waals surface area (Å²) in [7, 11) is 0. The largest absolute Gasteiger partial charge is 0.478 e. The van der Waals surface area contributed by atoms with Crippen LogP contribution in [0, 0.1) is 6.92 Å². The molecule has 1 heterocycles. The van der Waals surface area contributed by atoms with Crippen molar-refractivity contribution in [3.8, 4) is 5.75 Å². The van der Waals surface area contributed by atoms with Gasteiger partial charge in [-0.25, -0.2) is 4.79 Å². The fraction of sp³-hybridized carbons (Fsp3) is 0.364. The van der Waals surface area contributed by atoms with Crippen molar-refractivity contribution in [3.63, 3.8) is 0 Å². The SMILES string of the molecule is Cc1cccc2c1NC(C)C(C(=O)O)O2. The Labute approximate surface area is 87.9 Å². The molecule has 4 heteroatoms. The zero-order chi connectivity index (χ0) is 11.0. The van der Waals surface area contributed by atoms with Gasteiger partial charge in [0, 0.05) is 0 Å². The van der Waals surface area contributed by atoms with Gasteiger partial charge in [-0.2, -0.15) is 0 Å². The average Bonchev–Trinajstić information content (AvgIpc) is 2.18. The van der Waals surface area contributed by atoms with E-state index in [1.807, 2.05) is 19.1 Å². The number of ether oxygens (including phenoxy) is 1. The van der Waals surface area contributed by atoms with Gasteiger partial charge in [0.1, 0.15) is 5.75 Å². The van der Waals surface area contributed by atoms with Crippen LogP contribution >= 0.6 is 0 Å². The zero-order valence-corrected chi connectivity index (χ0v) is 8.65. The molecule has 0 aliphatic carbocycles. The zero-order valence-electron chi connectivity index (χ0n) is 8.65. The highest BCUT2D eigenvalue weighted by Crippen LogP contribution is 2.33. The number of aryl methyl sites for hydroxylation is 1. The molecule has 0 saturated heterocycles. The van der Waals surface area contributed by atoms with E-state index in [1.54, 1.807) is 13.0 Å². The lowest BCUT2D eigenvalue weighted by Gasteiger charge is -2.31. The van der Waals surface area contributed by atoms with E-state index in [0.717, 1.165) is 11.3 Å². The summed E-state index contributed by atoms with van der Waals surface area (Å²) in [5.41, 5.74) is 1.95. The molecule has 0 amide bonds. The molecule has 0 saturated carbocycles. The van der Waals surface area contributed by atoms with Gasteiger partial charge >= 0.3 is 5.97 Å². The van der Waals surface area contributed by atoms with Crippen LogP contribution in [-0.2, 0) is 4.79 Å². The highest BCUT2D eigenvalue weighted by atomic mass is 16.5. The number of fused-ring (bicyclic) bond motifs is 1. The number of nitrogens with one attached hydrogen (secondary N) is 1. The van der Waals surface area contributed by atoms with E-state index in [-0.39, 0.29) is 6.04 Å². The van der Waals surface area contributed by atoms with E-state index >= 15 is 0 Å². The molecule has 15 heavy (non-hydrogen) atoms. The molecule has 1 aromatic rings. The number of carboxylic acid groups (broad SMARTS) is 1. The van der Waals surface area contributed by atoms with Crippen LogP contribution < -0.4 is 10.1 Å². The van der Waals surface area contributed by atoms with Crippen LogP contribution in [0.5, 0.6) is 5.75 Å². The molecule has 1 aromatic carbocycles. The normalized spacial score (nSPS) is 23.6. The molecule has 1 aliphatic heterocycles. The minimum absolute atomic E-state index is 0.226. The third-order valence-electron chi connectivity index (χ3n) is 2.56. The van der Waals surface area contributed by atoms with Gasteiger partial charge in [-0.15, -0.1) is 0 Å². The van der Waals surface area contributed by atoms with Crippen molar-refractivity contribution in [2.75, 3.05) is 5.32 Å². The Morgan fingerprint density at radius 3 is 2.93 bits per heavy atom. The van der Waals surface area contributed by atoms with Crippen molar-refractivity contribution >= 4 is 11.7 Å². The predicted molar refractivity (Wildman–Crippen MR) is 56.3 cm³/mol. The Morgan fingerprint density at radius 1 is 1.53 bits per heavy atom. The molecule has 2 unspecified atom stereocenters. The van der Waals surface area contributed by atoms with Crippen molar-refractivity contribution < 1.29 is 14.6 Å². The van der Waals surface area contributed by atoms with Crippen molar-refractivity contribution in [3.05, 3.63) is 23.8 Å². The third kappa shape index (κ3) is 1.63. The second-order valence-corrected chi connectivity index (χ2v) is 3.76. The molecule has 4 nitrogen and oxygen atoms in total. The van der Waals surface area contributed by atoms with Crippen LogP contribution in [0.25, 0.3) is 0 Å². The van der Waals surface area contributed by atoms with Crippen molar-refractivity contribution in [1.29, 1.82) is 0 Å². The van der Waals surface area contributed by atoms with Gasteiger partial charge in [0.2, 0.25) is 6.10 Å². The topological polar surface area (TPSA) is 58.6 Å². The quantitative estimate of drug-likeness (QED) is 0.735. The molecular weight excluding hydrogens is 194 g/mol. The lowest BCUT2D eigenvalue weighted by Crippen LogP contribution is -2.44. The highest BCUT2D eigenvalue weighted by Gasteiger charge is 2.32. The first kappa shape index (κ1) is 9.83. The van der Waals surface area contributed by atoms with Crippen molar-refractivity contribution in [1.82, 2.24) is 0 Å². The summed E-state index contributed by atoms with van der Waals surface area (Å²) in [5, 5.41) is 12.1. The van der Waals surface area contributed by atoms with E-state index in [9.17, 15) is 4.79 Å². The Bertz CT molecular complexity index is 403. The number of aliphatic carboxylic acids is 1. The van der Waals surface area contributed by atoms with Crippen molar-refractivity contribution in [2.45, 2.75) is 26.0 Å². The minimum Gasteiger partial charge on any atom is -0.478 e. The van der Waals surface area contributed by atoms with Gasteiger partial charge < -0.3 is 15.2 Å². The second kappa shape index (κ2) is 3.46. The summed E-state index contributed by atoms with van der Waals surface area (Å²) in [5.74, 6) is -0.331. The van der Waals surface area contributed by atoms with E-state index in [2.05, 4.69) is 5.32 Å². The molecule has 0 aromatic heterocycles. The highest BCUT2D eigenvalue weighted by molar-refractivity contribution is 5.77. The standard InChI is InChI=1S/C11H13NO3/c1-6-4-3-5-8-9(6)12-7(2)10(15-8)11(13)14/h3-5,7,10,12H,1-2H3,(H,13,14). The van der Waals surface area contributed by atoms with Crippen molar-refractivity contribution in [2.24, 2.45) is 0 Å². The molecule has 80 valence electrons. The number of anilines is 1. The third-order valence-corrected chi connectivity index (χ3v) is 2.56. The molecule has 0 fully saturated rings. The van der Waals surface area contributed by atoms with Gasteiger partial charge in [0.05, 0.1) is 11.7 Å². The maximum absolute atomic E-state index is 10.9. The summed E-state index contributed by atoms with van der Waals surface area (Å²) in [6.45, 7) is 3.76. The number of hydrogen-bond acceptors (Lipinski definition) is 3. The molecule has 2 rings (SSSR count). The molecule has 0 radical (unpaired) electrons. The van der Waals surface area contributed by atoms with Gasteiger partial charge in [0.25, 0.3) is 0 Å². The van der Waals surface area contributed by atoms with Gasteiger partial charge in [-0.3, -0.25) is 0 Å². The monoisotopic (exact) mass is 207 g/mol. The van der Waals surface area contributed by atoms with E-state index in [4.69, 9.17) is 9.84 Å². The Balaban J connectivity index is 2.38. The summed E-state index contributed by atoms with van der Waals surface area (Å²) >= 11 is 0. The lowest BCUT2D eigenvalue weighted by molar-refractivity contribution is -0.145. The lowest BCUT2D eigenvalue weighted by atomic mass is 10.1. The summed E-state index contributed by atoms with van der Waals surface area (Å²) in [4.78, 5) is 10.9. The number of benzene rings is 1. The second-order valence-electron chi connectivity index (χ2n) is 3.76. The number of hydrogen-bond donors (Lipinski definition) is 2. The summed E-state index contributed by atoms with van der Waals surface area (Å²) < 4.78 is 5.42. The molecule has 0 spiro atoms. The van der Waals surface area contributed by atoms with Crippen LogP contribution in [0.3, 0.4) is 0 Å². The van der Waals surface area contributed by atoms with Gasteiger partial charge in [0.15, 0.2) is 0 Å². The summed E-state index contributed by atoms with van der Waals surface area (Å²) in [6.07, 6.45) is -0.820.